The van der Waals surface area contributed by atoms with Crippen LogP contribution in [0.3, 0.4) is 0 Å². The van der Waals surface area contributed by atoms with Gasteiger partial charge in [-0.2, -0.15) is 0 Å². The predicted octanol–water partition coefficient (Wildman–Crippen LogP) is 6.49. The number of ether oxygens (including phenoxy) is 3. The van der Waals surface area contributed by atoms with E-state index in [4.69, 9.17) is 49.0 Å². The van der Waals surface area contributed by atoms with Crippen molar-refractivity contribution in [2.75, 3.05) is 12.4 Å². The molecule has 1 fully saturated rings. The van der Waals surface area contributed by atoms with Gasteiger partial charge in [0, 0.05) is 27.4 Å². The second kappa shape index (κ2) is 15.7. The summed E-state index contributed by atoms with van der Waals surface area (Å²) in [5, 5.41) is 14.0. The molecule has 5 aromatic rings. The molecule has 0 saturated carbocycles. The minimum atomic E-state index is -0.893. The maximum atomic E-state index is 14.4. The first-order valence-electron chi connectivity index (χ1n) is 15.8. The van der Waals surface area contributed by atoms with Crippen molar-refractivity contribution in [3.8, 4) is 17.2 Å². The standard InChI is InChI=1S/C36H27Cl3N6O6S/c37-24-11-13-27(26(39)15-24)50-28-14-12-25(38)16-29(28)49-18-23-19-52-35-31(41-30(46)17-44-20-40-42-43-44)34(47)45(35)32(23)36(48)51-33(21-7-3-1-4-8-21)22-9-5-2-6-10-22/h1-16,20,31,33,35H,17-19H2,(H,41,46)/t31?,35-/m0/s1. The molecule has 0 spiro atoms. The number of carbonyl (C=O) groups is 3. The average molecular weight is 778 g/mol. The first-order chi connectivity index (χ1) is 25.2. The lowest BCUT2D eigenvalue weighted by Crippen LogP contribution is -2.71. The molecule has 1 aromatic heterocycles. The molecule has 1 saturated heterocycles. The fourth-order valence-electron chi connectivity index (χ4n) is 5.67. The Balaban J connectivity index is 1.19. The monoisotopic (exact) mass is 776 g/mol. The number of aromatic nitrogens is 4. The lowest BCUT2D eigenvalue weighted by Gasteiger charge is -2.49. The van der Waals surface area contributed by atoms with Crippen LogP contribution in [0.1, 0.15) is 17.2 Å². The second-order valence-electron chi connectivity index (χ2n) is 11.6. The molecular weight excluding hydrogens is 751 g/mol. The van der Waals surface area contributed by atoms with Crippen LogP contribution in [0.5, 0.6) is 17.2 Å². The summed E-state index contributed by atoms with van der Waals surface area (Å²) in [5.74, 6) is -0.492. The summed E-state index contributed by atoms with van der Waals surface area (Å²) in [6.45, 7) is -0.310. The van der Waals surface area contributed by atoms with Crippen molar-refractivity contribution in [2.24, 2.45) is 0 Å². The van der Waals surface area contributed by atoms with Gasteiger partial charge in [-0.15, -0.1) is 16.9 Å². The fourth-order valence-corrected chi connectivity index (χ4v) is 7.61. The van der Waals surface area contributed by atoms with Gasteiger partial charge in [-0.3, -0.25) is 14.5 Å². The number of tetrazole rings is 1. The van der Waals surface area contributed by atoms with E-state index in [9.17, 15) is 14.4 Å². The van der Waals surface area contributed by atoms with Crippen LogP contribution in [0.2, 0.25) is 15.1 Å². The van der Waals surface area contributed by atoms with Gasteiger partial charge in [0.15, 0.2) is 17.6 Å². The van der Waals surface area contributed by atoms with Crippen LogP contribution in [0.15, 0.2) is 115 Å². The molecular formula is C36H27Cl3N6O6S. The number of hydrogen-bond donors (Lipinski definition) is 1. The van der Waals surface area contributed by atoms with Crippen molar-refractivity contribution in [1.29, 1.82) is 0 Å². The summed E-state index contributed by atoms with van der Waals surface area (Å²) < 4.78 is 19.8. The van der Waals surface area contributed by atoms with Gasteiger partial charge in [0.1, 0.15) is 42.3 Å². The van der Waals surface area contributed by atoms with Gasteiger partial charge in [-0.1, -0.05) is 95.5 Å². The molecule has 2 aliphatic rings. The van der Waals surface area contributed by atoms with E-state index in [0.29, 0.717) is 27.1 Å². The van der Waals surface area contributed by atoms with Gasteiger partial charge in [-0.05, 0) is 51.9 Å². The van der Waals surface area contributed by atoms with Crippen LogP contribution in [0.4, 0.5) is 0 Å². The van der Waals surface area contributed by atoms with E-state index in [1.807, 2.05) is 60.7 Å². The molecule has 12 nitrogen and oxygen atoms in total. The number of hydrogen-bond acceptors (Lipinski definition) is 10. The van der Waals surface area contributed by atoms with E-state index in [-0.39, 0.29) is 35.4 Å². The lowest BCUT2D eigenvalue weighted by molar-refractivity contribution is -0.154. The van der Waals surface area contributed by atoms with Gasteiger partial charge in [0.05, 0.1) is 5.02 Å². The average Bonchev–Trinajstić information content (AvgIpc) is 3.67. The summed E-state index contributed by atoms with van der Waals surface area (Å²) in [6, 6.07) is 27.4. The molecule has 0 bridgehead atoms. The van der Waals surface area contributed by atoms with Gasteiger partial charge in [0.2, 0.25) is 5.91 Å². The number of rotatable bonds is 12. The molecule has 0 radical (unpaired) electrons. The number of β-lactam (4-membered cyclic amide) rings is 1. The summed E-state index contributed by atoms with van der Waals surface area (Å²) in [6.07, 6.45) is 0.515. The van der Waals surface area contributed by atoms with E-state index in [1.54, 1.807) is 36.4 Å². The highest BCUT2D eigenvalue weighted by Gasteiger charge is 2.54. The van der Waals surface area contributed by atoms with Gasteiger partial charge in [-0.25, -0.2) is 9.48 Å². The van der Waals surface area contributed by atoms with E-state index in [1.165, 1.54) is 27.7 Å². The molecule has 7 rings (SSSR count). The first kappa shape index (κ1) is 35.3. The third-order valence-electron chi connectivity index (χ3n) is 8.11. The minimum absolute atomic E-state index is 0.0295. The number of thioether (sulfide) groups is 1. The number of fused-ring (bicyclic) bond motifs is 1. The number of halogens is 3. The van der Waals surface area contributed by atoms with Gasteiger partial charge >= 0.3 is 5.97 Å². The van der Waals surface area contributed by atoms with E-state index >= 15 is 0 Å². The number of nitrogens with one attached hydrogen (secondary N) is 1. The van der Waals surface area contributed by atoms with Crippen LogP contribution >= 0.6 is 46.6 Å². The zero-order valence-electron chi connectivity index (χ0n) is 26.9. The van der Waals surface area contributed by atoms with Crippen molar-refractivity contribution in [3.63, 3.8) is 0 Å². The highest BCUT2D eigenvalue weighted by Crippen LogP contribution is 2.43. The van der Waals surface area contributed by atoms with Gasteiger partial charge < -0.3 is 19.5 Å². The summed E-state index contributed by atoms with van der Waals surface area (Å²) >= 11 is 20.2. The molecule has 1 N–H and O–H groups in total. The maximum Gasteiger partial charge on any atom is 0.356 e. The maximum absolute atomic E-state index is 14.4. The highest BCUT2D eigenvalue weighted by molar-refractivity contribution is 8.00. The molecule has 1 unspecified atom stereocenters. The van der Waals surface area contributed by atoms with Crippen LogP contribution in [-0.2, 0) is 25.7 Å². The largest absolute Gasteiger partial charge is 0.485 e. The van der Waals surface area contributed by atoms with Crippen molar-refractivity contribution < 1.29 is 28.6 Å². The summed E-state index contributed by atoms with van der Waals surface area (Å²) in [5.41, 5.74) is 1.99. The molecule has 52 heavy (non-hydrogen) atoms. The Morgan fingerprint density at radius 3 is 2.21 bits per heavy atom. The fraction of sp³-hybridized carbons (Fsp3) is 0.167. The van der Waals surface area contributed by atoms with E-state index < -0.39 is 35.3 Å². The van der Waals surface area contributed by atoms with Crippen molar-refractivity contribution in [2.45, 2.75) is 24.1 Å². The predicted molar refractivity (Wildman–Crippen MR) is 194 cm³/mol. The molecule has 4 aromatic carbocycles. The smallest absolute Gasteiger partial charge is 0.356 e. The normalized spacial score (nSPS) is 16.6. The number of benzene rings is 4. The first-order valence-corrected chi connectivity index (χ1v) is 18.0. The van der Waals surface area contributed by atoms with Crippen LogP contribution in [-0.4, -0.2) is 66.7 Å². The van der Waals surface area contributed by atoms with E-state index in [0.717, 1.165) is 11.1 Å². The SMILES string of the molecule is O=C(Cn1cnnn1)NC1C(=O)N2C(C(=O)OC(c3ccccc3)c3ccccc3)=C(COc3cc(Cl)ccc3Oc3ccc(Cl)cc3Cl)CS[C@@H]12. The molecule has 2 amide bonds. The Kier molecular flexibility index (Phi) is 10.6. The summed E-state index contributed by atoms with van der Waals surface area (Å²) in [7, 11) is 0. The molecule has 16 heteroatoms. The van der Waals surface area contributed by atoms with Crippen LogP contribution in [0.25, 0.3) is 0 Å². The van der Waals surface area contributed by atoms with Crippen molar-refractivity contribution in [1.82, 2.24) is 30.4 Å². The Morgan fingerprint density at radius 2 is 1.56 bits per heavy atom. The zero-order valence-corrected chi connectivity index (χ0v) is 30.0. The third kappa shape index (κ3) is 7.72. The second-order valence-corrected chi connectivity index (χ2v) is 14.0. The third-order valence-corrected chi connectivity index (χ3v) is 10.2. The Morgan fingerprint density at radius 1 is 0.885 bits per heavy atom. The van der Waals surface area contributed by atoms with Crippen molar-refractivity contribution in [3.05, 3.63) is 141 Å². The lowest BCUT2D eigenvalue weighted by atomic mass is 10.0. The highest BCUT2D eigenvalue weighted by atomic mass is 35.5. The quantitative estimate of drug-likeness (QED) is 0.111. The van der Waals surface area contributed by atoms with E-state index in [2.05, 4.69) is 20.8 Å². The Hall–Kier alpha value is -5.08. The topological polar surface area (TPSA) is 138 Å². The number of nitrogens with zero attached hydrogens (tertiary/aromatic N) is 5. The Labute approximate surface area is 316 Å². The number of carbonyl (C=O) groups excluding carboxylic acids is 3. The molecule has 3 heterocycles. The Bertz CT molecular complexity index is 2100. The van der Waals surface area contributed by atoms with Gasteiger partial charge in [0.25, 0.3) is 5.91 Å². The number of esters is 1. The zero-order chi connectivity index (χ0) is 36.2. The molecule has 0 aliphatic carbocycles. The summed E-state index contributed by atoms with van der Waals surface area (Å²) in [4.78, 5) is 42.3. The molecule has 2 atom stereocenters. The van der Waals surface area contributed by atoms with Crippen LogP contribution < -0.4 is 14.8 Å². The molecule has 2 aliphatic heterocycles. The minimum Gasteiger partial charge on any atom is -0.485 e. The van der Waals surface area contributed by atoms with Crippen LogP contribution in [0, 0.1) is 0 Å². The van der Waals surface area contributed by atoms with Crippen molar-refractivity contribution >= 4 is 64.3 Å². The number of amides is 2. The molecule has 264 valence electrons.